The van der Waals surface area contributed by atoms with Gasteiger partial charge in [-0.15, -0.1) is 0 Å². The Morgan fingerprint density at radius 3 is 2.91 bits per heavy atom. The first kappa shape index (κ1) is 14.6. The Balaban J connectivity index is 1.34. The van der Waals surface area contributed by atoms with E-state index in [0.29, 0.717) is 5.92 Å². The van der Waals surface area contributed by atoms with Crippen LogP contribution in [0.4, 0.5) is 0 Å². The molecule has 4 rings (SSSR count). The Morgan fingerprint density at radius 1 is 1.26 bits per heavy atom. The topological polar surface area (TPSA) is 47.6 Å². The summed E-state index contributed by atoms with van der Waals surface area (Å²) in [6.07, 6.45) is 8.84. The van der Waals surface area contributed by atoms with E-state index in [0.717, 1.165) is 28.9 Å². The molecule has 2 fully saturated rings. The van der Waals surface area contributed by atoms with Crippen molar-refractivity contribution in [1.82, 2.24) is 5.32 Å². The van der Waals surface area contributed by atoms with Gasteiger partial charge >= 0.3 is 0 Å². The summed E-state index contributed by atoms with van der Waals surface area (Å²) in [6.45, 7) is 2.42. The number of amides is 1. The molecule has 1 heterocycles. The van der Waals surface area contributed by atoms with Gasteiger partial charge in [-0.1, -0.05) is 12.5 Å². The average Bonchev–Trinajstić information content (AvgIpc) is 3.28. The Bertz CT molecular complexity index is 640. The summed E-state index contributed by atoms with van der Waals surface area (Å²) in [5.41, 5.74) is 0.942. The molecule has 122 valence electrons. The quantitative estimate of drug-likeness (QED) is 0.867. The normalized spacial score (nSPS) is 29.2. The number of hydrogen-bond acceptors (Lipinski definition) is 3. The Kier molecular flexibility index (Phi) is 3.76. The molecule has 2 aliphatic carbocycles. The highest BCUT2D eigenvalue weighted by molar-refractivity contribution is 5.92. The molecular formula is C19H23NO3. The minimum Gasteiger partial charge on any atom is -0.454 e. The SMILES string of the molecule is C[C@H](NC(=O)/C=C/c1ccc2c(c1)OCO2)[C@H]1C[C@H]2CC[C@H]1C2. The van der Waals surface area contributed by atoms with Crippen molar-refractivity contribution in [3.05, 3.63) is 29.8 Å². The Hall–Kier alpha value is -1.97. The van der Waals surface area contributed by atoms with E-state index in [9.17, 15) is 4.79 Å². The van der Waals surface area contributed by atoms with Gasteiger partial charge in [-0.25, -0.2) is 0 Å². The van der Waals surface area contributed by atoms with Crippen LogP contribution in [0.3, 0.4) is 0 Å². The fourth-order valence-corrected chi connectivity index (χ4v) is 4.47. The van der Waals surface area contributed by atoms with E-state index in [1.54, 1.807) is 6.08 Å². The van der Waals surface area contributed by atoms with Gasteiger partial charge in [0.1, 0.15) is 0 Å². The van der Waals surface area contributed by atoms with Crippen molar-refractivity contribution in [2.75, 3.05) is 6.79 Å². The molecule has 4 nitrogen and oxygen atoms in total. The van der Waals surface area contributed by atoms with Crippen LogP contribution in [0.5, 0.6) is 11.5 Å². The second-order valence-electron chi connectivity index (χ2n) is 7.08. The molecule has 4 heteroatoms. The third-order valence-electron chi connectivity index (χ3n) is 5.63. The van der Waals surface area contributed by atoms with Gasteiger partial charge in [0.05, 0.1) is 0 Å². The predicted octanol–water partition coefficient (Wildman–Crippen LogP) is 3.37. The molecular weight excluding hydrogens is 290 g/mol. The van der Waals surface area contributed by atoms with Crippen molar-refractivity contribution < 1.29 is 14.3 Å². The van der Waals surface area contributed by atoms with Crippen molar-refractivity contribution in [2.45, 2.75) is 38.6 Å². The van der Waals surface area contributed by atoms with Crippen LogP contribution in [-0.2, 0) is 4.79 Å². The molecule has 23 heavy (non-hydrogen) atoms. The number of carbonyl (C=O) groups excluding carboxylic acids is 1. The fourth-order valence-electron chi connectivity index (χ4n) is 4.47. The first-order valence-corrected chi connectivity index (χ1v) is 8.57. The van der Waals surface area contributed by atoms with Crippen LogP contribution in [0.25, 0.3) is 6.08 Å². The van der Waals surface area contributed by atoms with Crippen LogP contribution in [0.15, 0.2) is 24.3 Å². The van der Waals surface area contributed by atoms with Gasteiger partial charge in [0.2, 0.25) is 12.7 Å². The van der Waals surface area contributed by atoms with E-state index in [2.05, 4.69) is 12.2 Å². The van der Waals surface area contributed by atoms with Crippen molar-refractivity contribution >= 4 is 12.0 Å². The third-order valence-corrected chi connectivity index (χ3v) is 5.63. The minimum absolute atomic E-state index is 0.0158. The minimum atomic E-state index is -0.0158. The molecule has 1 aliphatic heterocycles. The van der Waals surface area contributed by atoms with Crippen LogP contribution in [0.1, 0.15) is 38.2 Å². The number of benzene rings is 1. The van der Waals surface area contributed by atoms with Crippen molar-refractivity contribution in [3.63, 3.8) is 0 Å². The van der Waals surface area contributed by atoms with Crippen LogP contribution in [-0.4, -0.2) is 18.7 Å². The summed E-state index contributed by atoms with van der Waals surface area (Å²) in [7, 11) is 0. The molecule has 4 atom stereocenters. The molecule has 0 unspecified atom stereocenters. The van der Waals surface area contributed by atoms with E-state index >= 15 is 0 Å². The number of hydrogen-bond donors (Lipinski definition) is 1. The summed E-state index contributed by atoms with van der Waals surface area (Å²) in [5.74, 6) is 3.88. The molecule has 2 bridgehead atoms. The number of rotatable bonds is 4. The number of nitrogens with one attached hydrogen (secondary N) is 1. The van der Waals surface area contributed by atoms with Crippen LogP contribution in [0, 0.1) is 17.8 Å². The lowest BCUT2D eigenvalue weighted by molar-refractivity contribution is -0.117. The summed E-state index contributed by atoms with van der Waals surface area (Å²) in [6, 6.07) is 5.96. The van der Waals surface area contributed by atoms with Crippen molar-refractivity contribution in [2.24, 2.45) is 17.8 Å². The second-order valence-corrected chi connectivity index (χ2v) is 7.08. The maximum Gasteiger partial charge on any atom is 0.244 e. The van der Waals surface area contributed by atoms with Gasteiger partial charge in [-0.2, -0.15) is 0 Å². The van der Waals surface area contributed by atoms with Gasteiger partial charge in [0, 0.05) is 12.1 Å². The molecule has 3 aliphatic rings. The fraction of sp³-hybridized carbons (Fsp3) is 0.526. The molecule has 0 spiro atoms. The lowest BCUT2D eigenvalue weighted by Crippen LogP contribution is -2.39. The molecule has 0 radical (unpaired) electrons. The maximum absolute atomic E-state index is 12.2. The number of fused-ring (bicyclic) bond motifs is 3. The molecule has 0 aromatic heterocycles. The lowest BCUT2D eigenvalue weighted by Gasteiger charge is -2.28. The largest absolute Gasteiger partial charge is 0.454 e. The van der Waals surface area contributed by atoms with Crippen molar-refractivity contribution in [1.29, 1.82) is 0 Å². The van der Waals surface area contributed by atoms with E-state index in [-0.39, 0.29) is 18.7 Å². The van der Waals surface area contributed by atoms with Crippen molar-refractivity contribution in [3.8, 4) is 11.5 Å². The molecule has 1 amide bonds. The van der Waals surface area contributed by atoms with Crippen LogP contribution in [0.2, 0.25) is 0 Å². The summed E-state index contributed by atoms with van der Waals surface area (Å²) in [5, 5.41) is 3.15. The molecule has 2 saturated carbocycles. The average molecular weight is 313 g/mol. The van der Waals surface area contributed by atoms with E-state index in [1.807, 2.05) is 24.3 Å². The first-order chi connectivity index (χ1) is 11.2. The van der Waals surface area contributed by atoms with E-state index < -0.39 is 0 Å². The van der Waals surface area contributed by atoms with Gasteiger partial charge < -0.3 is 14.8 Å². The smallest absolute Gasteiger partial charge is 0.244 e. The highest BCUT2D eigenvalue weighted by Crippen LogP contribution is 2.49. The summed E-state index contributed by atoms with van der Waals surface area (Å²) in [4.78, 5) is 12.2. The third kappa shape index (κ3) is 2.94. The van der Waals surface area contributed by atoms with Gasteiger partial charge in [-0.3, -0.25) is 4.79 Å². The zero-order valence-electron chi connectivity index (χ0n) is 13.5. The second kappa shape index (κ2) is 5.91. The van der Waals surface area contributed by atoms with Gasteiger partial charge in [-0.05, 0) is 67.7 Å². The summed E-state index contributed by atoms with van der Waals surface area (Å²) < 4.78 is 10.6. The van der Waals surface area contributed by atoms with Gasteiger partial charge in [0.15, 0.2) is 11.5 Å². The highest BCUT2D eigenvalue weighted by Gasteiger charge is 2.41. The van der Waals surface area contributed by atoms with E-state index in [4.69, 9.17) is 9.47 Å². The zero-order chi connectivity index (χ0) is 15.8. The lowest BCUT2D eigenvalue weighted by atomic mass is 9.84. The van der Waals surface area contributed by atoms with Crippen LogP contribution < -0.4 is 14.8 Å². The van der Waals surface area contributed by atoms with E-state index in [1.165, 1.54) is 25.7 Å². The molecule has 0 saturated heterocycles. The standard InChI is InChI=1S/C19H23NO3/c1-12(16-9-14-2-5-15(16)8-14)20-19(21)7-4-13-3-6-17-18(10-13)23-11-22-17/h3-4,6-7,10,12,14-16H,2,5,8-9,11H2,1H3,(H,20,21)/b7-4+/t12-,14-,15-,16+/m0/s1. The first-order valence-electron chi connectivity index (χ1n) is 8.57. The highest BCUT2D eigenvalue weighted by atomic mass is 16.7. The predicted molar refractivity (Wildman–Crippen MR) is 88.1 cm³/mol. The molecule has 1 aromatic rings. The molecule has 1 aromatic carbocycles. The Morgan fingerprint density at radius 2 is 2.13 bits per heavy atom. The zero-order valence-corrected chi connectivity index (χ0v) is 13.5. The molecule has 1 N–H and O–H groups in total. The maximum atomic E-state index is 12.2. The Labute approximate surface area is 136 Å². The van der Waals surface area contributed by atoms with Gasteiger partial charge in [0.25, 0.3) is 0 Å². The summed E-state index contributed by atoms with van der Waals surface area (Å²) >= 11 is 0. The number of ether oxygens (including phenoxy) is 2. The monoisotopic (exact) mass is 313 g/mol. The van der Waals surface area contributed by atoms with Crippen LogP contribution >= 0.6 is 0 Å². The number of carbonyl (C=O) groups is 1.